The van der Waals surface area contributed by atoms with Crippen LogP contribution in [-0.2, 0) is 11.3 Å². The zero-order valence-corrected chi connectivity index (χ0v) is 20.1. The lowest BCUT2D eigenvalue weighted by Crippen LogP contribution is -2.57. The van der Waals surface area contributed by atoms with Crippen LogP contribution < -0.4 is 5.32 Å². The zero-order valence-electron chi connectivity index (χ0n) is 20.1. The lowest BCUT2D eigenvalue weighted by molar-refractivity contribution is -0.155. The maximum Gasteiger partial charge on any atom is 0.306 e. The van der Waals surface area contributed by atoms with E-state index in [-0.39, 0.29) is 35.6 Å². The van der Waals surface area contributed by atoms with Crippen LogP contribution in [0.3, 0.4) is 0 Å². The van der Waals surface area contributed by atoms with Crippen molar-refractivity contribution in [2.24, 2.45) is 11.3 Å². The second kappa shape index (κ2) is 8.83. The molecule has 2 N–H and O–H groups in total. The van der Waals surface area contributed by atoms with Crippen molar-refractivity contribution in [3.8, 4) is 11.1 Å². The van der Waals surface area contributed by atoms with Crippen LogP contribution in [0.15, 0.2) is 72.9 Å². The Kier molecular flexibility index (Phi) is 5.59. The summed E-state index contributed by atoms with van der Waals surface area (Å²) in [4.78, 5) is 24.3. The van der Waals surface area contributed by atoms with Crippen LogP contribution in [0.25, 0.3) is 22.0 Å². The minimum atomic E-state index is -0.751. The second-order valence-electron chi connectivity index (χ2n) is 10.5. The largest absolute Gasteiger partial charge is 0.481 e. The maximum absolute atomic E-state index is 15.1. The summed E-state index contributed by atoms with van der Waals surface area (Å²) in [5.74, 6) is -2.15. The molecule has 0 radical (unpaired) electrons. The van der Waals surface area contributed by atoms with Crippen LogP contribution >= 0.6 is 0 Å². The Balaban J connectivity index is 1.22. The van der Waals surface area contributed by atoms with Crippen LogP contribution in [0, 0.1) is 23.0 Å². The standard InChI is InChI=1S/C30H26F2N2O3/c31-25-9-8-24(28(35)33-22-15-30(16-22)13-21(14-30)29(36)37)27-23(25)10-11-34(27)17-20-7-6-19(12-26(20)32)18-4-2-1-3-5-18/h1-12,21-22H,13-17H2,(H,33,35)(H,36,37). The van der Waals surface area contributed by atoms with Crippen LogP contribution in [0.2, 0.25) is 0 Å². The van der Waals surface area contributed by atoms with Gasteiger partial charge in [-0.25, -0.2) is 8.78 Å². The molecule has 0 aliphatic heterocycles. The van der Waals surface area contributed by atoms with E-state index in [1.54, 1.807) is 22.9 Å². The SMILES string of the molecule is O=C(NC1CC2(C1)CC(C(=O)O)C2)c1ccc(F)c2ccn(Cc3ccc(-c4ccccc4)cc3F)c12. The normalized spacial score (nSPS) is 22.4. The number of carboxylic acids is 1. The highest BCUT2D eigenvalue weighted by atomic mass is 19.1. The number of halogens is 2. The topological polar surface area (TPSA) is 71.3 Å². The molecule has 5 nitrogen and oxygen atoms in total. The number of nitrogens with one attached hydrogen (secondary N) is 1. The van der Waals surface area contributed by atoms with Gasteiger partial charge in [-0.15, -0.1) is 0 Å². The molecular formula is C30H26F2N2O3. The summed E-state index contributed by atoms with van der Waals surface area (Å²) < 4.78 is 31.4. The summed E-state index contributed by atoms with van der Waals surface area (Å²) in [6.07, 6.45) is 4.51. The van der Waals surface area contributed by atoms with Gasteiger partial charge in [0.25, 0.3) is 5.91 Å². The first kappa shape index (κ1) is 23.4. The van der Waals surface area contributed by atoms with Gasteiger partial charge < -0.3 is 15.0 Å². The number of amides is 1. The number of aliphatic carboxylic acids is 1. The van der Waals surface area contributed by atoms with E-state index in [4.69, 9.17) is 5.11 Å². The number of fused-ring (bicyclic) bond motifs is 1. The number of carbonyl (C=O) groups excluding carboxylic acids is 1. The zero-order chi connectivity index (χ0) is 25.7. The Bertz CT molecular complexity index is 1510. The van der Waals surface area contributed by atoms with E-state index in [0.29, 0.717) is 34.9 Å². The van der Waals surface area contributed by atoms with Gasteiger partial charge in [-0.1, -0.05) is 42.5 Å². The Labute approximate surface area is 212 Å². The molecule has 0 atom stereocenters. The molecule has 3 aromatic carbocycles. The molecule has 2 fully saturated rings. The van der Waals surface area contributed by atoms with Crippen molar-refractivity contribution >= 4 is 22.8 Å². The van der Waals surface area contributed by atoms with Crippen LogP contribution in [-0.4, -0.2) is 27.6 Å². The first-order valence-corrected chi connectivity index (χ1v) is 12.5. The highest BCUT2D eigenvalue weighted by Gasteiger charge is 2.55. The third kappa shape index (κ3) is 4.18. The van der Waals surface area contributed by atoms with Crippen molar-refractivity contribution in [2.75, 3.05) is 0 Å². The van der Waals surface area contributed by atoms with Crippen molar-refractivity contribution in [3.05, 3.63) is 95.7 Å². The number of hydrogen-bond donors (Lipinski definition) is 2. The minimum absolute atomic E-state index is 0.0305. The van der Waals surface area contributed by atoms with Crippen molar-refractivity contribution in [1.82, 2.24) is 9.88 Å². The first-order valence-electron chi connectivity index (χ1n) is 12.5. The lowest BCUT2D eigenvalue weighted by Gasteiger charge is -2.56. The fraction of sp³-hybridized carbons (Fsp3) is 0.267. The molecule has 2 saturated carbocycles. The fourth-order valence-corrected chi connectivity index (χ4v) is 6.12. The van der Waals surface area contributed by atoms with Crippen molar-refractivity contribution < 1.29 is 23.5 Å². The Morgan fingerprint density at radius 2 is 1.68 bits per heavy atom. The number of rotatable bonds is 6. The van der Waals surface area contributed by atoms with Crippen molar-refractivity contribution in [1.29, 1.82) is 0 Å². The number of carbonyl (C=O) groups is 2. The minimum Gasteiger partial charge on any atom is -0.481 e. The van der Waals surface area contributed by atoms with E-state index >= 15 is 4.39 Å². The molecule has 0 bridgehead atoms. The van der Waals surface area contributed by atoms with E-state index < -0.39 is 11.8 Å². The van der Waals surface area contributed by atoms with Gasteiger partial charge in [-0.2, -0.15) is 0 Å². The molecule has 0 unspecified atom stereocenters. The van der Waals surface area contributed by atoms with Crippen LogP contribution in [0.5, 0.6) is 0 Å². The number of carboxylic acid groups (broad SMARTS) is 1. The molecular weight excluding hydrogens is 474 g/mol. The van der Waals surface area contributed by atoms with Gasteiger partial charge in [0.05, 0.1) is 23.5 Å². The van der Waals surface area contributed by atoms with E-state index in [1.165, 1.54) is 18.2 Å². The number of hydrogen-bond acceptors (Lipinski definition) is 2. The summed E-state index contributed by atoms with van der Waals surface area (Å²) in [6, 6.07) is 18.9. The Hall–Kier alpha value is -4.00. The maximum atomic E-state index is 15.1. The molecule has 0 saturated heterocycles. The molecule has 37 heavy (non-hydrogen) atoms. The first-order chi connectivity index (χ1) is 17.8. The third-order valence-electron chi connectivity index (χ3n) is 8.02. The summed E-state index contributed by atoms with van der Waals surface area (Å²) in [5, 5.41) is 12.5. The number of aromatic nitrogens is 1. The second-order valence-corrected chi connectivity index (χ2v) is 10.5. The summed E-state index contributed by atoms with van der Waals surface area (Å²) in [6.45, 7) is 0.150. The predicted octanol–water partition coefficient (Wildman–Crippen LogP) is 6.01. The molecule has 1 aromatic heterocycles. The Morgan fingerprint density at radius 1 is 0.919 bits per heavy atom. The van der Waals surface area contributed by atoms with Gasteiger partial charge in [0, 0.05) is 23.2 Å². The molecule has 1 heterocycles. The van der Waals surface area contributed by atoms with E-state index in [9.17, 15) is 14.0 Å². The van der Waals surface area contributed by atoms with Crippen molar-refractivity contribution in [3.63, 3.8) is 0 Å². The predicted molar refractivity (Wildman–Crippen MR) is 136 cm³/mol. The molecule has 7 heteroatoms. The molecule has 1 spiro atoms. The summed E-state index contributed by atoms with van der Waals surface area (Å²) in [7, 11) is 0. The van der Waals surface area contributed by atoms with Gasteiger partial charge in [-0.3, -0.25) is 9.59 Å². The van der Waals surface area contributed by atoms with Gasteiger partial charge in [0.1, 0.15) is 11.6 Å². The Morgan fingerprint density at radius 3 is 2.38 bits per heavy atom. The third-order valence-corrected chi connectivity index (χ3v) is 8.02. The summed E-state index contributed by atoms with van der Waals surface area (Å²) in [5.41, 5.74) is 2.91. The van der Waals surface area contributed by atoms with E-state index in [1.807, 2.05) is 36.4 Å². The smallest absolute Gasteiger partial charge is 0.306 e. The average Bonchev–Trinajstić information content (AvgIpc) is 3.26. The molecule has 1 amide bonds. The quantitative estimate of drug-likeness (QED) is 0.341. The molecule has 6 rings (SSSR count). The molecule has 2 aliphatic rings. The number of benzene rings is 3. The molecule has 2 aliphatic carbocycles. The molecule has 4 aromatic rings. The van der Waals surface area contributed by atoms with Gasteiger partial charge in [0.15, 0.2) is 0 Å². The average molecular weight is 501 g/mol. The van der Waals surface area contributed by atoms with Gasteiger partial charge in [0.2, 0.25) is 0 Å². The monoisotopic (exact) mass is 500 g/mol. The highest BCUT2D eigenvalue weighted by Crippen LogP contribution is 2.58. The molecule has 188 valence electrons. The van der Waals surface area contributed by atoms with Crippen LogP contribution in [0.4, 0.5) is 8.78 Å². The highest BCUT2D eigenvalue weighted by molar-refractivity contribution is 6.06. The van der Waals surface area contributed by atoms with E-state index in [0.717, 1.165) is 24.0 Å². The summed E-state index contributed by atoms with van der Waals surface area (Å²) >= 11 is 0. The van der Waals surface area contributed by atoms with Crippen LogP contribution in [0.1, 0.15) is 41.6 Å². The van der Waals surface area contributed by atoms with Gasteiger partial charge >= 0.3 is 5.97 Å². The fourth-order valence-electron chi connectivity index (χ4n) is 6.12. The van der Waals surface area contributed by atoms with E-state index in [2.05, 4.69) is 5.32 Å². The lowest BCUT2D eigenvalue weighted by atomic mass is 9.50. The number of nitrogens with zero attached hydrogens (tertiary/aromatic N) is 1. The van der Waals surface area contributed by atoms with Crippen molar-refractivity contribution in [2.45, 2.75) is 38.3 Å². The van der Waals surface area contributed by atoms with Gasteiger partial charge in [-0.05, 0) is 66.5 Å².